The number of anilines is 3. The summed E-state index contributed by atoms with van der Waals surface area (Å²) in [5, 5.41) is 6.19. The van der Waals surface area contributed by atoms with E-state index in [1.54, 1.807) is 6.07 Å². The third-order valence-corrected chi connectivity index (χ3v) is 3.84. The van der Waals surface area contributed by atoms with Crippen LogP contribution >= 0.6 is 0 Å². The maximum absolute atomic E-state index is 11.3. The van der Waals surface area contributed by atoms with Gasteiger partial charge in [-0.15, -0.1) is 0 Å². The summed E-state index contributed by atoms with van der Waals surface area (Å²) in [5.41, 5.74) is 8.13. The summed E-state index contributed by atoms with van der Waals surface area (Å²) in [6, 6.07) is 3.83. The normalized spacial score (nSPS) is 22.6. The first-order chi connectivity index (χ1) is 9.63. The molecule has 108 valence electrons. The lowest BCUT2D eigenvalue weighted by molar-refractivity contribution is -0.118. The molecule has 0 spiro atoms. The van der Waals surface area contributed by atoms with Crippen molar-refractivity contribution in [1.82, 2.24) is 0 Å². The molecule has 0 aliphatic carbocycles. The smallest absolute Gasteiger partial charge is 0.262 e. The van der Waals surface area contributed by atoms with Crippen LogP contribution in [0.2, 0.25) is 0 Å². The standard InChI is InChI=1S/C14H19N3O3/c1-8(9-2-3-19-6-9)16-11-5-12-13(4-10(11)15)20-7-14(18)17-12/h4-5,8-9,16H,2-3,6-7,15H2,1H3,(H,17,18). The van der Waals surface area contributed by atoms with Crippen molar-refractivity contribution in [1.29, 1.82) is 0 Å². The van der Waals surface area contributed by atoms with Crippen LogP contribution in [-0.2, 0) is 9.53 Å². The topological polar surface area (TPSA) is 85.6 Å². The molecule has 1 saturated heterocycles. The molecule has 1 aromatic carbocycles. The number of carbonyl (C=O) groups excluding carboxylic acids is 1. The zero-order chi connectivity index (χ0) is 14.1. The van der Waals surface area contributed by atoms with Gasteiger partial charge in [-0.05, 0) is 19.4 Å². The Morgan fingerprint density at radius 1 is 1.50 bits per heavy atom. The molecule has 1 amide bonds. The van der Waals surface area contributed by atoms with Gasteiger partial charge in [0.25, 0.3) is 5.91 Å². The molecule has 2 heterocycles. The maximum atomic E-state index is 11.3. The number of nitrogen functional groups attached to an aromatic ring is 1. The second-order valence-corrected chi connectivity index (χ2v) is 5.33. The minimum atomic E-state index is -0.148. The lowest BCUT2D eigenvalue weighted by atomic mass is 10.0. The first-order valence-electron chi connectivity index (χ1n) is 6.84. The van der Waals surface area contributed by atoms with Crippen LogP contribution in [0.3, 0.4) is 0 Å². The van der Waals surface area contributed by atoms with Gasteiger partial charge < -0.3 is 25.8 Å². The van der Waals surface area contributed by atoms with Crippen molar-refractivity contribution in [2.75, 3.05) is 36.2 Å². The third kappa shape index (κ3) is 2.51. The summed E-state index contributed by atoms with van der Waals surface area (Å²) in [4.78, 5) is 11.3. The minimum absolute atomic E-state index is 0.0367. The number of nitrogens with two attached hydrogens (primary N) is 1. The molecule has 6 nitrogen and oxygen atoms in total. The highest BCUT2D eigenvalue weighted by Crippen LogP contribution is 2.36. The van der Waals surface area contributed by atoms with E-state index in [4.69, 9.17) is 15.2 Å². The summed E-state index contributed by atoms with van der Waals surface area (Å²) in [7, 11) is 0. The minimum Gasteiger partial charge on any atom is -0.482 e. The van der Waals surface area contributed by atoms with Gasteiger partial charge in [-0.2, -0.15) is 0 Å². The van der Waals surface area contributed by atoms with E-state index in [2.05, 4.69) is 17.6 Å². The zero-order valence-corrected chi connectivity index (χ0v) is 11.4. The second-order valence-electron chi connectivity index (χ2n) is 5.33. The van der Waals surface area contributed by atoms with Crippen LogP contribution in [0.4, 0.5) is 17.1 Å². The van der Waals surface area contributed by atoms with Gasteiger partial charge in [-0.3, -0.25) is 4.79 Å². The number of hydrogen-bond acceptors (Lipinski definition) is 5. The average molecular weight is 277 g/mol. The van der Waals surface area contributed by atoms with Gasteiger partial charge in [0, 0.05) is 24.6 Å². The Bertz CT molecular complexity index is 527. The number of ether oxygens (including phenoxy) is 2. The summed E-state index contributed by atoms with van der Waals surface area (Å²) >= 11 is 0. The molecule has 1 fully saturated rings. The van der Waals surface area contributed by atoms with Crippen molar-refractivity contribution in [3.05, 3.63) is 12.1 Å². The first kappa shape index (κ1) is 13.1. The molecule has 0 radical (unpaired) electrons. The molecule has 6 heteroatoms. The molecule has 0 saturated carbocycles. The number of amides is 1. The van der Waals surface area contributed by atoms with E-state index in [0.717, 1.165) is 25.3 Å². The van der Waals surface area contributed by atoms with Gasteiger partial charge in [-0.1, -0.05) is 0 Å². The van der Waals surface area contributed by atoms with Crippen LogP contribution in [0, 0.1) is 5.92 Å². The summed E-state index contributed by atoms with van der Waals surface area (Å²) < 4.78 is 10.7. The summed E-state index contributed by atoms with van der Waals surface area (Å²) in [6.07, 6.45) is 1.05. The fourth-order valence-corrected chi connectivity index (χ4v) is 2.58. The molecular formula is C14H19N3O3. The van der Waals surface area contributed by atoms with Crippen molar-refractivity contribution >= 4 is 23.0 Å². The third-order valence-electron chi connectivity index (χ3n) is 3.84. The number of benzene rings is 1. The molecule has 1 aromatic rings. The molecule has 2 aliphatic rings. The Morgan fingerprint density at radius 3 is 3.10 bits per heavy atom. The molecule has 20 heavy (non-hydrogen) atoms. The van der Waals surface area contributed by atoms with Gasteiger partial charge in [0.05, 0.1) is 23.7 Å². The van der Waals surface area contributed by atoms with E-state index in [1.807, 2.05) is 6.07 Å². The van der Waals surface area contributed by atoms with Crippen LogP contribution in [0.5, 0.6) is 5.75 Å². The zero-order valence-electron chi connectivity index (χ0n) is 11.4. The van der Waals surface area contributed by atoms with Crippen molar-refractivity contribution < 1.29 is 14.3 Å². The Hall–Kier alpha value is -1.95. The number of fused-ring (bicyclic) bond motifs is 1. The quantitative estimate of drug-likeness (QED) is 0.728. The largest absolute Gasteiger partial charge is 0.482 e. The molecule has 2 unspecified atom stereocenters. The van der Waals surface area contributed by atoms with Gasteiger partial charge in [-0.25, -0.2) is 0 Å². The van der Waals surface area contributed by atoms with E-state index >= 15 is 0 Å². The Kier molecular flexibility index (Phi) is 3.40. The van der Waals surface area contributed by atoms with Gasteiger partial charge in [0.15, 0.2) is 6.61 Å². The van der Waals surface area contributed by atoms with Crippen LogP contribution in [0.1, 0.15) is 13.3 Å². The highest BCUT2D eigenvalue weighted by molar-refractivity contribution is 5.97. The maximum Gasteiger partial charge on any atom is 0.262 e. The van der Waals surface area contributed by atoms with Crippen molar-refractivity contribution in [3.8, 4) is 5.75 Å². The summed E-state index contributed by atoms with van der Waals surface area (Å²) in [5.74, 6) is 0.950. The fraction of sp³-hybridized carbons (Fsp3) is 0.500. The van der Waals surface area contributed by atoms with Crippen LogP contribution in [0.25, 0.3) is 0 Å². The number of nitrogens with one attached hydrogen (secondary N) is 2. The Morgan fingerprint density at radius 2 is 2.35 bits per heavy atom. The highest BCUT2D eigenvalue weighted by atomic mass is 16.5. The molecule has 4 N–H and O–H groups in total. The average Bonchev–Trinajstić information content (AvgIpc) is 2.94. The Labute approximate surface area is 117 Å². The lowest BCUT2D eigenvalue weighted by Gasteiger charge is -2.24. The Balaban J connectivity index is 1.78. The molecular weight excluding hydrogens is 258 g/mol. The van der Waals surface area contributed by atoms with E-state index in [9.17, 15) is 4.79 Å². The predicted molar refractivity (Wildman–Crippen MR) is 77.0 cm³/mol. The molecule has 3 rings (SSSR count). The number of hydrogen-bond donors (Lipinski definition) is 3. The number of carbonyl (C=O) groups is 1. The number of rotatable bonds is 3. The van der Waals surface area contributed by atoms with E-state index < -0.39 is 0 Å². The van der Waals surface area contributed by atoms with Gasteiger partial charge >= 0.3 is 0 Å². The molecule has 2 atom stereocenters. The van der Waals surface area contributed by atoms with Crippen molar-refractivity contribution in [3.63, 3.8) is 0 Å². The molecule has 0 bridgehead atoms. The van der Waals surface area contributed by atoms with Crippen molar-refractivity contribution in [2.45, 2.75) is 19.4 Å². The second kappa shape index (κ2) is 5.20. The first-order valence-corrected chi connectivity index (χ1v) is 6.84. The van der Waals surface area contributed by atoms with Crippen LogP contribution < -0.4 is 21.1 Å². The predicted octanol–water partition coefficient (Wildman–Crippen LogP) is 1.44. The fourth-order valence-electron chi connectivity index (χ4n) is 2.58. The van der Waals surface area contributed by atoms with Crippen LogP contribution in [0.15, 0.2) is 12.1 Å². The van der Waals surface area contributed by atoms with E-state index in [1.165, 1.54) is 0 Å². The molecule has 2 aliphatic heterocycles. The monoisotopic (exact) mass is 277 g/mol. The lowest BCUT2D eigenvalue weighted by Crippen LogP contribution is -2.28. The van der Waals surface area contributed by atoms with Crippen LogP contribution in [-0.4, -0.2) is 31.8 Å². The van der Waals surface area contributed by atoms with Gasteiger partial charge in [0.1, 0.15) is 5.75 Å². The summed E-state index contributed by atoms with van der Waals surface area (Å²) in [6.45, 7) is 3.75. The van der Waals surface area contributed by atoms with Crippen molar-refractivity contribution in [2.24, 2.45) is 5.92 Å². The SMILES string of the molecule is CC(Nc1cc2c(cc1N)OCC(=O)N2)C1CCOC1. The molecule has 0 aromatic heterocycles. The highest BCUT2D eigenvalue weighted by Gasteiger charge is 2.24. The van der Waals surface area contributed by atoms with E-state index in [-0.39, 0.29) is 18.6 Å². The van der Waals surface area contributed by atoms with E-state index in [0.29, 0.717) is 23.0 Å². The van der Waals surface area contributed by atoms with Gasteiger partial charge in [0.2, 0.25) is 0 Å².